The van der Waals surface area contributed by atoms with Crippen LogP contribution in [0.15, 0.2) is 59.1 Å². The fraction of sp³-hybridized carbons (Fsp3) is 0.429. The first-order chi connectivity index (χ1) is 13.7. The molecule has 0 N–H and O–H groups in total. The highest BCUT2D eigenvalue weighted by Crippen LogP contribution is 2.34. The maximum atomic E-state index is 13.6. The summed E-state index contributed by atoms with van der Waals surface area (Å²) in [6.07, 6.45) is -0.629. The van der Waals surface area contributed by atoms with Gasteiger partial charge in [-0.25, -0.2) is 0 Å². The zero-order valence-corrected chi connectivity index (χ0v) is 18.9. The number of rotatable bonds is 4. The Morgan fingerprint density at radius 3 is 2.10 bits per heavy atom. The Morgan fingerprint density at radius 1 is 0.931 bits per heavy atom. The van der Waals surface area contributed by atoms with Gasteiger partial charge < -0.3 is 9.47 Å². The Labute approximate surface area is 180 Å². The van der Waals surface area contributed by atoms with Crippen molar-refractivity contribution < 1.29 is 17.9 Å². The van der Waals surface area contributed by atoms with E-state index in [9.17, 15) is 8.42 Å². The fourth-order valence-electron chi connectivity index (χ4n) is 3.87. The van der Waals surface area contributed by atoms with E-state index in [1.807, 2.05) is 68.4 Å². The molecule has 156 valence electrons. The molecule has 8 heteroatoms. The minimum absolute atomic E-state index is 0.253. The van der Waals surface area contributed by atoms with Crippen molar-refractivity contribution in [2.24, 2.45) is 0 Å². The van der Waals surface area contributed by atoms with Crippen LogP contribution in [0.25, 0.3) is 0 Å². The van der Waals surface area contributed by atoms with E-state index in [4.69, 9.17) is 9.47 Å². The van der Waals surface area contributed by atoms with Crippen molar-refractivity contribution in [2.45, 2.75) is 44.9 Å². The van der Waals surface area contributed by atoms with Gasteiger partial charge in [-0.05, 0) is 31.0 Å². The first kappa shape index (κ1) is 21.0. The number of halogens is 1. The van der Waals surface area contributed by atoms with Crippen LogP contribution in [-0.2, 0) is 32.8 Å². The van der Waals surface area contributed by atoms with Crippen molar-refractivity contribution in [2.75, 3.05) is 13.1 Å². The minimum Gasteiger partial charge on any atom is -0.343 e. The van der Waals surface area contributed by atoms with E-state index in [0.29, 0.717) is 6.54 Å². The third-order valence-electron chi connectivity index (χ3n) is 5.21. The van der Waals surface area contributed by atoms with Crippen LogP contribution >= 0.6 is 15.9 Å². The topological polar surface area (TPSA) is 59.1 Å². The summed E-state index contributed by atoms with van der Waals surface area (Å²) in [5.74, 6) is -0.728. The zero-order valence-electron chi connectivity index (χ0n) is 16.5. The predicted molar refractivity (Wildman–Crippen MR) is 114 cm³/mol. The predicted octanol–water partition coefficient (Wildman–Crippen LogP) is 3.53. The normalized spacial score (nSPS) is 26.7. The minimum atomic E-state index is -3.71. The third-order valence-corrected chi connectivity index (χ3v) is 7.85. The van der Waals surface area contributed by atoms with Crippen molar-refractivity contribution >= 4 is 26.1 Å². The van der Waals surface area contributed by atoms with Gasteiger partial charge in [0.25, 0.3) is 10.2 Å². The Kier molecular flexibility index (Phi) is 5.85. The smallest absolute Gasteiger partial charge is 0.282 e. The molecule has 2 aromatic carbocycles. The van der Waals surface area contributed by atoms with Gasteiger partial charge in [0.1, 0.15) is 12.2 Å². The van der Waals surface area contributed by atoms with Crippen LogP contribution in [0.3, 0.4) is 0 Å². The largest absolute Gasteiger partial charge is 0.343 e. The van der Waals surface area contributed by atoms with E-state index < -0.39 is 16.0 Å². The van der Waals surface area contributed by atoms with E-state index in [0.717, 1.165) is 15.6 Å². The van der Waals surface area contributed by atoms with Gasteiger partial charge in [0.2, 0.25) is 0 Å². The Balaban J connectivity index is 1.68. The van der Waals surface area contributed by atoms with Crippen LogP contribution in [0.2, 0.25) is 0 Å². The van der Waals surface area contributed by atoms with Crippen LogP contribution in [0.1, 0.15) is 25.0 Å². The number of ether oxygens (including phenoxy) is 2. The summed E-state index contributed by atoms with van der Waals surface area (Å²) < 4.78 is 43.1. The molecule has 0 aromatic heterocycles. The van der Waals surface area contributed by atoms with E-state index in [1.54, 1.807) is 0 Å². The second-order valence-corrected chi connectivity index (χ2v) is 10.7. The highest BCUT2D eigenvalue weighted by atomic mass is 79.9. The lowest BCUT2D eigenvalue weighted by atomic mass is 10.1. The molecule has 0 amide bonds. The zero-order chi connectivity index (χ0) is 20.6. The highest BCUT2D eigenvalue weighted by molar-refractivity contribution is 9.10. The molecule has 2 heterocycles. The lowest BCUT2D eigenvalue weighted by molar-refractivity contribution is -0.148. The van der Waals surface area contributed by atoms with Crippen molar-refractivity contribution in [3.05, 3.63) is 70.2 Å². The molecule has 0 bridgehead atoms. The molecule has 6 nitrogen and oxygen atoms in total. The second-order valence-electron chi connectivity index (χ2n) is 7.88. The molecule has 4 rings (SSSR count). The van der Waals surface area contributed by atoms with Gasteiger partial charge in [-0.15, -0.1) is 0 Å². The first-order valence-corrected chi connectivity index (χ1v) is 11.8. The van der Waals surface area contributed by atoms with E-state index in [-0.39, 0.29) is 31.8 Å². The van der Waals surface area contributed by atoms with Gasteiger partial charge in [-0.2, -0.15) is 17.0 Å². The molecule has 2 saturated heterocycles. The quantitative estimate of drug-likeness (QED) is 0.671. The van der Waals surface area contributed by atoms with Gasteiger partial charge in [0.05, 0.1) is 0 Å². The maximum Gasteiger partial charge on any atom is 0.282 e. The number of fused-ring (bicyclic) bond motifs is 1. The summed E-state index contributed by atoms with van der Waals surface area (Å²) in [5.41, 5.74) is 1.85. The van der Waals surface area contributed by atoms with E-state index in [2.05, 4.69) is 15.9 Å². The molecule has 29 heavy (non-hydrogen) atoms. The second kappa shape index (κ2) is 8.09. The van der Waals surface area contributed by atoms with Gasteiger partial charge in [-0.1, -0.05) is 64.5 Å². The molecule has 0 saturated carbocycles. The molecular formula is C21H25BrN2O4S. The van der Waals surface area contributed by atoms with Crippen molar-refractivity contribution in [1.29, 1.82) is 0 Å². The van der Waals surface area contributed by atoms with Gasteiger partial charge >= 0.3 is 0 Å². The summed E-state index contributed by atoms with van der Waals surface area (Å²) >= 11 is 3.53. The number of nitrogens with zero attached hydrogens (tertiary/aromatic N) is 2. The molecule has 2 fully saturated rings. The molecular weight excluding hydrogens is 456 g/mol. The monoisotopic (exact) mass is 480 g/mol. The van der Waals surface area contributed by atoms with Crippen molar-refractivity contribution in [1.82, 2.24) is 8.61 Å². The molecule has 0 radical (unpaired) electrons. The summed E-state index contributed by atoms with van der Waals surface area (Å²) in [7, 11) is -3.71. The average molecular weight is 481 g/mol. The SMILES string of the molecule is CC1(C)O[C@H]2CN(Cc3ccccc3)S(=O)(=O)N(Cc3ccccc3Br)C[C@@H]2O1. The van der Waals surface area contributed by atoms with Gasteiger partial charge in [-0.3, -0.25) is 0 Å². The molecule has 2 aliphatic heterocycles. The molecule has 2 aromatic rings. The van der Waals surface area contributed by atoms with Crippen LogP contribution < -0.4 is 0 Å². The van der Waals surface area contributed by atoms with Crippen molar-refractivity contribution in [3.63, 3.8) is 0 Å². The van der Waals surface area contributed by atoms with E-state index in [1.165, 1.54) is 8.61 Å². The standard InChI is InChI=1S/C21H25BrN2O4S/c1-21(2)27-19-14-23(12-16-8-4-3-5-9-16)29(25,26)24(15-20(19)28-21)13-17-10-6-7-11-18(17)22/h3-11,19-20H,12-15H2,1-2H3/t19-,20-/m0/s1. The van der Waals surface area contributed by atoms with Gasteiger partial charge in [0.15, 0.2) is 5.79 Å². The van der Waals surface area contributed by atoms with Gasteiger partial charge in [0, 0.05) is 30.7 Å². The third kappa shape index (κ3) is 4.57. The van der Waals surface area contributed by atoms with Crippen LogP contribution in [0.4, 0.5) is 0 Å². The highest BCUT2D eigenvalue weighted by Gasteiger charge is 2.48. The van der Waals surface area contributed by atoms with Crippen LogP contribution in [0, 0.1) is 0 Å². The molecule has 2 atom stereocenters. The first-order valence-electron chi connectivity index (χ1n) is 9.63. The van der Waals surface area contributed by atoms with Crippen LogP contribution in [0.5, 0.6) is 0 Å². The molecule has 0 spiro atoms. The van der Waals surface area contributed by atoms with Crippen molar-refractivity contribution in [3.8, 4) is 0 Å². The number of hydrogen-bond acceptors (Lipinski definition) is 4. The van der Waals surface area contributed by atoms with Crippen LogP contribution in [-0.4, -0.2) is 48.1 Å². The molecule has 0 unspecified atom stereocenters. The lowest BCUT2D eigenvalue weighted by Gasteiger charge is -2.29. The Morgan fingerprint density at radius 2 is 1.48 bits per heavy atom. The lowest BCUT2D eigenvalue weighted by Crippen LogP contribution is -2.43. The molecule has 0 aliphatic carbocycles. The fourth-order valence-corrected chi connectivity index (χ4v) is 5.89. The Hall–Kier alpha value is -1.29. The number of benzene rings is 2. The van der Waals surface area contributed by atoms with E-state index >= 15 is 0 Å². The molecule has 2 aliphatic rings. The average Bonchev–Trinajstić information content (AvgIpc) is 2.92. The number of hydrogen-bond donors (Lipinski definition) is 0. The summed E-state index contributed by atoms with van der Waals surface area (Å²) in [6, 6.07) is 17.3. The summed E-state index contributed by atoms with van der Waals surface area (Å²) in [6.45, 7) is 4.82. The maximum absolute atomic E-state index is 13.6. The summed E-state index contributed by atoms with van der Waals surface area (Å²) in [4.78, 5) is 0. The Bertz CT molecular complexity index is 968. The summed E-state index contributed by atoms with van der Waals surface area (Å²) in [5, 5.41) is 0.